The number of carbonyl (C=O) groups is 1. The van der Waals surface area contributed by atoms with Gasteiger partial charge >= 0.3 is 5.97 Å². The Morgan fingerprint density at radius 3 is 2.82 bits per heavy atom. The number of rotatable bonds is 5. The third-order valence-electron chi connectivity index (χ3n) is 1.19. The quantitative estimate of drug-likeness (QED) is 0.350. The van der Waals surface area contributed by atoms with Gasteiger partial charge in [-0.05, 0) is 6.42 Å². The van der Waals surface area contributed by atoms with Crippen molar-refractivity contribution >= 4 is 5.97 Å². The first-order valence-corrected chi connectivity index (χ1v) is 3.74. The van der Waals surface area contributed by atoms with Crippen LogP contribution >= 0.6 is 0 Å². The molecule has 0 aromatic carbocycles. The Balaban J connectivity index is 3.17. The van der Waals surface area contributed by atoms with Crippen LogP contribution in [0.5, 0.6) is 0 Å². The molecule has 0 amide bonds. The lowest BCUT2D eigenvalue weighted by atomic mass is 10.3. The summed E-state index contributed by atoms with van der Waals surface area (Å²) in [6.07, 6.45) is 3.92. The topological polar surface area (TPSA) is 26.3 Å². The van der Waals surface area contributed by atoms with Gasteiger partial charge in [0, 0.05) is 0 Å². The Hall–Kier alpha value is -0.860. The average molecular weight is 160 g/mol. The van der Waals surface area contributed by atoms with E-state index in [1.807, 2.05) is 0 Å². The molecule has 11 heavy (non-hydrogen) atoms. The van der Waals surface area contributed by atoms with E-state index >= 15 is 0 Å². The molecule has 0 unspecified atom stereocenters. The third kappa shape index (κ3) is 7.03. The van der Waals surface area contributed by atoms with Gasteiger partial charge in [0.25, 0.3) is 0 Å². The van der Waals surface area contributed by atoms with Crippen LogP contribution in [0.25, 0.3) is 0 Å². The van der Waals surface area contributed by atoms with Gasteiger partial charge in [0.15, 0.2) is 0 Å². The number of esters is 1. The van der Waals surface area contributed by atoms with Gasteiger partial charge in [-0.1, -0.05) is 19.8 Å². The minimum absolute atomic E-state index is 0.183. The largest absolute Gasteiger partial charge is 0.462 e. The van der Waals surface area contributed by atoms with Crippen LogP contribution in [0.4, 0.5) is 4.39 Å². The molecule has 0 aromatic heterocycles. The number of carbonyl (C=O) groups excluding carboxylic acids is 1. The van der Waals surface area contributed by atoms with Crippen LogP contribution < -0.4 is 0 Å². The normalized spacial score (nSPS) is 10.4. The summed E-state index contributed by atoms with van der Waals surface area (Å²) >= 11 is 0. The molecule has 0 atom stereocenters. The van der Waals surface area contributed by atoms with Gasteiger partial charge in [-0.3, -0.25) is 0 Å². The minimum atomic E-state index is -0.608. The van der Waals surface area contributed by atoms with E-state index in [1.165, 1.54) is 0 Å². The van der Waals surface area contributed by atoms with Crippen molar-refractivity contribution in [1.82, 2.24) is 0 Å². The van der Waals surface area contributed by atoms with Crippen molar-refractivity contribution in [2.75, 3.05) is 6.61 Å². The van der Waals surface area contributed by atoms with Crippen molar-refractivity contribution < 1.29 is 13.9 Å². The summed E-state index contributed by atoms with van der Waals surface area (Å²) < 4.78 is 16.0. The van der Waals surface area contributed by atoms with Crippen LogP contribution in [0, 0.1) is 0 Å². The molecule has 0 bridgehead atoms. The summed E-state index contributed by atoms with van der Waals surface area (Å²) in [7, 11) is 0. The molecule has 0 fully saturated rings. The van der Waals surface area contributed by atoms with E-state index < -0.39 is 5.97 Å². The molecule has 0 aliphatic heterocycles. The first kappa shape index (κ1) is 10.1. The maximum absolute atomic E-state index is 11.3. The first-order chi connectivity index (χ1) is 5.31. The van der Waals surface area contributed by atoms with Crippen molar-refractivity contribution in [1.29, 1.82) is 0 Å². The van der Waals surface area contributed by atoms with Crippen molar-refractivity contribution in [2.45, 2.75) is 26.2 Å². The second-order valence-corrected chi connectivity index (χ2v) is 2.17. The van der Waals surface area contributed by atoms with Crippen LogP contribution in [0.1, 0.15) is 26.2 Å². The zero-order valence-electron chi connectivity index (χ0n) is 6.68. The molecule has 0 spiro atoms. The number of unbranched alkanes of at least 4 members (excludes halogenated alkanes) is 2. The molecule has 0 rings (SSSR count). The lowest BCUT2D eigenvalue weighted by Crippen LogP contribution is -2.01. The Morgan fingerprint density at radius 1 is 1.55 bits per heavy atom. The zero-order chi connectivity index (χ0) is 8.53. The van der Waals surface area contributed by atoms with E-state index in [2.05, 4.69) is 11.7 Å². The third-order valence-corrected chi connectivity index (χ3v) is 1.19. The summed E-state index contributed by atoms with van der Waals surface area (Å²) in [5, 5.41) is 0. The van der Waals surface area contributed by atoms with Gasteiger partial charge in [-0.15, -0.1) is 0 Å². The Labute approximate surface area is 66.0 Å². The van der Waals surface area contributed by atoms with Crippen LogP contribution in [-0.2, 0) is 9.53 Å². The lowest BCUT2D eigenvalue weighted by Gasteiger charge is -1.98. The fraction of sp³-hybridized carbons (Fsp3) is 0.625. The summed E-state index contributed by atoms with van der Waals surface area (Å²) in [6, 6.07) is 0. The summed E-state index contributed by atoms with van der Waals surface area (Å²) in [6.45, 7) is 2.44. The van der Waals surface area contributed by atoms with E-state index in [1.54, 1.807) is 0 Å². The van der Waals surface area contributed by atoms with Crippen molar-refractivity contribution in [3.05, 3.63) is 12.4 Å². The molecule has 3 heteroatoms. The molecule has 0 radical (unpaired) electrons. The highest BCUT2D eigenvalue weighted by atomic mass is 19.1. The smallest absolute Gasteiger partial charge is 0.333 e. The second-order valence-electron chi connectivity index (χ2n) is 2.17. The van der Waals surface area contributed by atoms with Gasteiger partial charge < -0.3 is 4.74 Å². The summed E-state index contributed by atoms with van der Waals surface area (Å²) in [5.74, 6) is -0.608. The van der Waals surface area contributed by atoms with Crippen LogP contribution in [0.3, 0.4) is 0 Å². The maximum Gasteiger partial charge on any atom is 0.333 e. The second kappa shape index (κ2) is 7.25. The van der Waals surface area contributed by atoms with Crippen LogP contribution in [-0.4, -0.2) is 12.6 Å². The summed E-state index contributed by atoms with van der Waals surface area (Å²) in [4.78, 5) is 10.5. The minimum Gasteiger partial charge on any atom is -0.462 e. The predicted octanol–water partition coefficient (Wildman–Crippen LogP) is 2.20. The van der Waals surface area contributed by atoms with Crippen LogP contribution in [0.15, 0.2) is 12.4 Å². The number of hydrogen-bond donors (Lipinski definition) is 0. The summed E-state index contributed by atoms with van der Waals surface area (Å²) in [5.41, 5.74) is 0. The van der Waals surface area contributed by atoms with Gasteiger partial charge in [-0.2, -0.15) is 0 Å². The van der Waals surface area contributed by atoms with E-state index in [9.17, 15) is 9.18 Å². The number of ether oxygens (including phenoxy) is 1. The van der Waals surface area contributed by atoms with Gasteiger partial charge in [0.2, 0.25) is 0 Å². The van der Waals surface area contributed by atoms with Gasteiger partial charge in [0.05, 0.1) is 19.0 Å². The van der Waals surface area contributed by atoms with Crippen molar-refractivity contribution in [2.24, 2.45) is 0 Å². The predicted molar refractivity (Wildman–Crippen MR) is 40.7 cm³/mol. The molecule has 0 aliphatic rings. The number of hydrogen-bond acceptors (Lipinski definition) is 2. The fourth-order valence-corrected chi connectivity index (χ4v) is 0.624. The molecule has 2 nitrogen and oxygen atoms in total. The molecule has 0 N–H and O–H groups in total. The maximum atomic E-state index is 11.3. The van der Waals surface area contributed by atoms with Gasteiger partial charge in [-0.25, -0.2) is 9.18 Å². The van der Waals surface area contributed by atoms with Crippen LogP contribution in [0.2, 0.25) is 0 Å². The average Bonchev–Trinajstić information content (AvgIpc) is 1.99. The highest BCUT2D eigenvalue weighted by Crippen LogP contribution is 1.94. The molecule has 0 aromatic rings. The molecule has 0 aliphatic carbocycles. The van der Waals surface area contributed by atoms with Gasteiger partial charge in [0.1, 0.15) is 0 Å². The highest BCUT2D eigenvalue weighted by molar-refractivity contribution is 5.81. The first-order valence-electron chi connectivity index (χ1n) is 3.74. The highest BCUT2D eigenvalue weighted by Gasteiger charge is 1.94. The molecule has 64 valence electrons. The van der Waals surface area contributed by atoms with E-state index in [-0.39, 0.29) is 6.33 Å². The lowest BCUT2D eigenvalue weighted by molar-refractivity contribution is -0.137. The zero-order valence-corrected chi connectivity index (χ0v) is 6.68. The molecular weight excluding hydrogens is 147 g/mol. The van der Waals surface area contributed by atoms with E-state index in [4.69, 9.17) is 0 Å². The van der Waals surface area contributed by atoms with E-state index in [0.29, 0.717) is 6.61 Å². The van der Waals surface area contributed by atoms with E-state index in [0.717, 1.165) is 25.3 Å². The molecule has 0 saturated carbocycles. The molecule has 0 saturated heterocycles. The molecule has 0 heterocycles. The number of halogens is 1. The fourth-order valence-electron chi connectivity index (χ4n) is 0.624. The standard InChI is InChI=1S/C8H13FO2/c1-2-3-4-7-11-8(10)5-6-9/h5-6H,2-4,7H2,1H3. The Bertz CT molecular complexity index is 132. The Kier molecular flexibility index (Phi) is 6.68. The monoisotopic (exact) mass is 160 g/mol. The molecular formula is C8H13FO2. The van der Waals surface area contributed by atoms with Crippen molar-refractivity contribution in [3.8, 4) is 0 Å². The Morgan fingerprint density at radius 2 is 2.27 bits per heavy atom. The SMILES string of the molecule is CCCCCOC(=O)C=CF. The van der Waals surface area contributed by atoms with Crippen molar-refractivity contribution in [3.63, 3.8) is 0 Å².